The van der Waals surface area contributed by atoms with Crippen molar-refractivity contribution in [1.29, 1.82) is 0 Å². The summed E-state index contributed by atoms with van der Waals surface area (Å²) in [4.78, 5) is 11.8. The molecule has 0 aliphatic carbocycles. The van der Waals surface area contributed by atoms with Crippen LogP contribution in [0.4, 0.5) is 0 Å². The standard InChI is InChI=1S/C14H28N2O2/c1-10(2)13(17)9-16-14(18)7-11(3)12-5-4-6-15-8-12/h10-13,15,17H,4-9H2,1-3H3,(H,16,18). The van der Waals surface area contributed by atoms with Crippen LogP contribution in [-0.4, -0.2) is 36.8 Å². The topological polar surface area (TPSA) is 61.4 Å². The number of piperidine rings is 1. The predicted octanol–water partition coefficient (Wildman–Crippen LogP) is 1.15. The summed E-state index contributed by atoms with van der Waals surface area (Å²) in [5, 5.41) is 15.8. The summed E-state index contributed by atoms with van der Waals surface area (Å²) in [5.41, 5.74) is 0. The molecule has 0 aromatic rings. The molecule has 0 spiro atoms. The molecule has 0 saturated carbocycles. The highest BCUT2D eigenvalue weighted by atomic mass is 16.3. The van der Waals surface area contributed by atoms with E-state index in [-0.39, 0.29) is 11.8 Å². The summed E-state index contributed by atoms with van der Waals surface area (Å²) in [6.45, 7) is 8.56. The maximum Gasteiger partial charge on any atom is 0.220 e. The first kappa shape index (κ1) is 15.4. The number of carbonyl (C=O) groups is 1. The molecule has 1 fully saturated rings. The fourth-order valence-corrected chi connectivity index (χ4v) is 2.35. The van der Waals surface area contributed by atoms with Gasteiger partial charge in [0.2, 0.25) is 5.91 Å². The first-order valence-electron chi connectivity index (χ1n) is 7.16. The van der Waals surface area contributed by atoms with Crippen molar-refractivity contribution in [2.45, 2.75) is 46.1 Å². The lowest BCUT2D eigenvalue weighted by atomic mass is 9.85. The molecule has 1 aliphatic heterocycles. The van der Waals surface area contributed by atoms with E-state index in [4.69, 9.17) is 0 Å². The van der Waals surface area contributed by atoms with Crippen LogP contribution in [0.15, 0.2) is 0 Å². The average molecular weight is 256 g/mol. The molecule has 1 aliphatic rings. The van der Waals surface area contributed by atoms with Gasteiger partial charge in [-0.3, -0.25) is 4.79 Å². The van der Waals surface area contributed by atoms with E-state index in [1.807, 2.05) is 13.8 Å². The molecular formula is C14H28N2O2. The van der Waals surface area contributed by atoms with E-state index in [1.54, 1.807) is 0 Å². The molecule has 18 heavy (non-hydrogen) atoms. The van der Waals surface area contributed by atoms with Crippen molar-refractivity contribution < 1.29 is 9.90 Å². The van der Waals surface area contributed by atoms with Gasteiger partial charge in [0, 0.05) is 13.0 Å². The lowest BCUT2D eigenvalue weighted by Crippen LogP contribution is -2.38. The summed E-state index contributed by atoms with van der Waals surface area (Å²) < 4.78 is 0. The van der Waals surface area contributed by atoms with E-state index >= 15 is 0 Å². The highest BCUT2D eigenvalue weighted by Crippen LogP contribution is 2.22. The van der Waals surface area contributed by atoms with Crippen LogP contribution < -0.4 is 10.6 Å². The predicted molar refractivity (Wildman–Crippen MR) is 73.2 cm³/mol. The first-order chi connectivity index (χ1) is 8.50. The van der Waals surface area contributed by atoms with Crippen LogP contribution in [0.3, 0.4) is 0 Å². The molecule has 1 saturated heterocycles. The number of rotatable bonds is 6. The van der Waals surface area contributed by atoms with Crippen LogP contribution in [0.25, 0.3) is 0 Å². The summed E-state index contributed by atoms with van der Waals surface area (Å²) in [5.74, 6) is 1.27. The van der Waals surface area contributed by atoms with E-state index in [0.717, 1.165) is 13.1 Å². The number of amides is 1. The van der Waals surface area contributed by atoms with E-state index in [0.29, 0.717) is 24.8 Å². The number of nitrogens with one attached hydrogen (secondary N) is 2. The van der Waals surface area contributed by atoms with Crippen molar-refractivity contribution in [2.24, 2.45) is 17.8 Å². The van der Waals surface area contributed by atoms with Gasteiger partial charge in [0.15, 0.2) is 0 Å². The third-order valence-corrected chi connectivity index (χ3v) is 3.93. The average Bonchev–Trinajstić information content (AvgIpc) is 2.36. The second-order valence-electron chi connectivity index (χ2n) is 5.90. The molecule has 0 bridgehead atoms. The minimum Gasteiger partial charge on any atom is -0.391 e. The number of carbonyl (C=O) groups excluding carboxylic acids is 1. The maximum absolute atomic E-state index is 11.8. The van der Waals surface area contributed by atoms with Crippen LogP contribution in [0.5, 0.6) is 0 Å². The Bertz CT molecular complexity index is 250. The van der Waals surface area contributed by atoms with Crippen molar-refractivity contribution >= 4 is 5.91 Å². The molecule has 3 N–H and O–H groups in total. The molecule has 4 nitrogen and oxygen atoms in total. The smallest absolute Gasteiger partial charge is 0.220 e. The summed E-state index contributed by atoms with van der Waals surface area (Å²) >= 11 is 0. The van der Waals surface area contributed by atoms with Crippen LogP contribution >= 0.6 is 0 Å². The van der Waals surface area contributed by atoms with Gasteiger partial charge in [-0.2, -0.15) is 0 Å². The quantitative estimate of drug-likeness (QED) is 0.668. The molecule has 0 aromatic carbocycles. The second kappa shape index (κ2) is 7.74. The lowest BCUT2D eigenvalue weighted by molar-refractivity contribution is -0.122. The van der Waals surface area contributed by atoms with Gasteiger partial charge in [-0.05, 0) is 43.7 Å². The number of aliphatic hydroxyl groups is 1. The van der Waals surface area contributed by atoms with Crippen molar-refractivity contribution in [3.8, 4) is 0 Å². The van der Waals surface area contributed by atoms with Gasteiger partial charge < -0.3 is 15.7 Å². The Balaban J connectivity index is 2.22. The largest absolute Gasteiger partial charge is 0.391 e. The van der Waals surface area contributed by atoms with Crippen LogP contribution in [0.2, 0.25) is 0 Å². The van der Waals surface area contributed by atoms with Crippen LogP contribution in [0, 0.1) is 17.8 Å². The summed E-state index contributed by atoms with van der Waals surface area (Å²) in [6.07, 6.45) is 2.55. The Hall–Kier alpha value is -0.610. The number of hydrogen-bond acceptors (Lipinski definition) is 3. The number of aliphatic hydroxyl groups excluding tert-OH is 1. The van der Waals surface area contributed by atoms with Gasteiger partial charge >= 0.3 is 0 Å². The zero-order chi connectivity index (χ0) is 13.5. The molecule has 1 amide bonds. The first-order valence-corrected chi connectivity index (χ1v) is 7.16. The molecule has 3 unspecified atom stereocenters. The van der Waals surface area contributed by atoms with Gasteiger partial charge in [-0.1, -0.05) is 20.8 Å². The monoisotopic (exact) mass is 256 g/mol. The van der Waals surface area contributed by atoms with Gasteiger partial charge in [0.25, 0.3) is 0 Å². The van der Waals surface area contributed by atoms with E-state index < -0.39 is 6.10 Å². The second-order valence-corrected chi connectivity index (χ2v) is 5.90. The Morgan fingerprint density at radius 3 is 2.72 bits per heavy atom. The molecule has 4 heteroatoms. The zero-order valence-corrected chi connectivity index (χ0v) is 11.9. The highest BCUT2D eigenvalue weighted by molar-refractivity contribution is 5.76. The normalized spacial score (nSPS) is 23.7. The molecule has 0 aromatic heterocycles. The van der Waals surface area contributed by atoms with Crippen molar-refractivity contribution in [2.75, 3.05) is 19.6 Å². The van der Waals surface area contributed by atoms with Gasteiger partial charge in [0.1, 0.15) is 0 Å². The molecular weight excluding hydrogens is 228 g/mol. The van der Waals surface area contributed by atoms with Crippen LogP contribution in [0.1, 0.15) is 40.0 Å². The van der Waals surface area contributed by atoms with E-state index in [2.05, 4.69) is 17.6 Å². The summed E-state index contributed by atoms with van der Waals surface area (Å²) in [6, 6.07) is 0. The summed E-state index contributed by atoms with van der Waals surface area (Å²) in [7, 11) is 0. The van der Waals surface area contributed by atoms with Crippen molar-refractivity contribution in [3.63, 3.8) is 0 Å². The number of hydrogen-bond donors (Lipinski definition) is 3. The Kier molecular flexibility index (Phi) is 6.65. The fourth-order valence-electron chi connectivity index (χ4n) is 2.35. The lowest BCUT2D eigenvalue weighted by Gasteiger charge is -2.28. The fraction of sp³-hybridized carbons (Fsp3) is 0.929. The zero-order valence-electron chi connectivity index (χ0n) is 11.9. The van der Waals surface area contributed by atoms with Crippen molar-refractivity contribution in [3.05, 3.63) is 0 Å². The van der Waals surface area contributed by atoms with Gasteiger partial charge in [-0.25, -0.2) is 0 Å². The Labute approximate surface area is 111 Å². The van der Waals surface area contributed by atoms with Gasteiger partial charge in [0.05, 0.1) is 6.10 Å². The molecule has 1 rings (SSSR count). The molecule has 0 radical (unpaired) electrons. The molecule has 1 heterocycles. The van der Waals surface area contributed by atoms with E-state index in [9.17, 15) is 9.90 Å². The SMILES string of the molecule is CC(C)C(O)CNC(=O)CC(C)C1CCCNC1. The van der Waals surface area contributed by atoms with E-state index in [1.165, 1.54) is 12.8 Å². The Morgan fingerprint density at radius 2 is 2.17 bits per heavy atom. The van der Waals surface area contributed by atoms with Gasteiger partial charge in [-0.15, -0.1) is 0 Å². The minimum atomic E-state index is -0.444. The molecule has 3 atom stereocenters. The Morgan fingerprint density at radius 1 is 1.44 bits per heavy atom. The third-order valence-electron chi connectivity index (χ3n) is 3.93. The van der Waals surface area contributed by atoms with Crippen LogP contribution in [-0.2, 0) is 4.79 Å². The molecule has 106 valence electrons. The minimum absolute atomic E-state index is 0.0628. The maximum atomic E-state index is 11.8. The van der Waals surface area contributed by atoms with Crippen molar-refractivity contribution in [1.82, 2.24) is 10.6 Å². The highest BCUT2D eigenvalue weighted by Gasteiger charge is 2.22. The third kappa shape index (κ3) is 5.36.